The molecule has 0 saturated heterocycles. The van der Waals surface area contributed by atoms with E-state index >= 15 is 0 Å². The molecule has 1 atom stereocenters. The molecule has 5 nitrogen and oxygen atoms in total. The van der Waals surface area contributed by atoms with E-state index in [0.717, 1.165) is 10.9 Å². The molecule has 0 fully saturated rings. The summed E-state index contributed by atoms with van der Waals surface area (Å²) in [7, 11) is 3.31. The van der Waals surface area contributed by atoms with Gasteiger partial charge in [0, 0.05) is 7.05 Å². The first-order valence-electron chi connectivity index (χ1n) is 5.28. The van der Waals surface area contributed by atoms with Gasteiger partial charge in [-0.2, -0.15) is 5.10 Å². The molecule has 5 heteroatoms. The number of aliphatic carboxylic acids is 1. The first kappa shape index (κ1) is 11.4. The average Bonchev–Trinajstić information content (AvgIpc) is 2.63. The molecule has 0 aliphatic carbocycles. The summed E-state index contributed by atoms with van der Waals surface area (Å²) in [4.78, 5) is 11.1. The lowest BCUT2D eigenvalue weighted by molar-refractivity contribution is -0.138. The number of nitrogens with zero attached hydrogens (tertiary/aromatic N) is 2. The number of rotatable bonds is 3. The van der Waals surface area contributed by atoms with Gasteiger partial charge in [0.1, 0.15) is 5.75 Å². The molecule has 2 rings (SSSR count). The number of benzene rings is 1. The summed E-state index contributed by atoms with van der Waals surface area (Å²) < 4.78 is 6.87. The SMILES string of the molecule is COc1cccc2nn(C)c(C(C)C(=O)O)c12. The highest BCUT2D eigenvalue weighted by molar-refractivity contribution is 5.92. The Balaban J connectivity index is 2.77. The quantitative estimate of drug-likeness (QED) is 0.879. The molecule has 0 aliphatic rings. The highest BCUT2D eigenvalue weighted by Gasteiger charge is 2.23. The lowest BCUT2D eigenvalue weighted by Gasteiger charge is -2.09. The van der Waals surface area contributed by atoms with Gasteiger partial charge in [-0.3, -0.25) is 9.48 Å². The number of methoxy groups -OCH3 is 1. The zero-order valence-electron chi connectivity index (χ0n) is 9.97. The first-order valence-corrected chi connectivity index (χ1v) is 5.28. The molecule has 1 aromatic heterocycles. The normalized spacial score (nSPS) is 12.6. The molecular weight excluding hydrogens is 220 g/mol. The highest BCUT2D eigenvalue weighted by atomic mass is 16.5. The summed E-state index contributed by atoms with van der Waals surface area (Å²) in [6, 6.07) is 5.49. The van der Waals surface area contributed by atoms with Crippen molar-refractivity contribution in [2.24, 2.45) is 7.05 Å². The molecule has 0 aliphatic heterocycles. The number of carboxylic acids is 1. The van der Waals surface area contributed by atoms with Crippen LogP contribution in [0, 0.1) is 0 Å². The molecule has 2 aromatic rings. The molecule has 90 valence electrons. The predicted molar refractivity (Wildman–Crippen MR) is 63.3 cm³/mol. The summed E-state index contributed by atoms with van der Waals surface area (Å²) in [5.74, 6) is -0.846. The summed E-state index contributed by atoms with van der Waals surface area (Å²) in [6.07, 6.45) is 0. The van der Waals surface area contributed by atoms with E-state index in [1.165, 1.54) is 0 Å². The molecule has 0 radical (unpaired) electrons. The Morgan fingerprint density at radius 3 is 2.82 bits per heavy atom. The van der Waals surface area contributed by atoms with Gasteiger partial charge in [-0.05, 0) is 19.1 Å². The van der Waals surface area contributed by atoms with Gasteiger partial charge < -0.3 is 9.84 Å². The fourth-order valence-corrected chi connectivity index (χ4v) is 2.02. The molecule has 0 saturated carbocycles. The van der Waals surface area contributed by atoms with E-state index in [9.17, 15) is 4.79 Å². The number of aryl methyl sites for hydroxylation is 1. The summed E-state index contributed by atoms with van der Waals surface area (Å²) in [5, 5.41) is 14.2. The zero-order valence-corrected chi connectivity index (χ0v) is 9.97. The largest absolute Gasteiger partial charge is 0.496 e. The molecule has 0 bridgehead atoms. The molecule has 1 heterocycles. The van der Waals surface area contributed by atoms with Crippen LogP contribution < -0.4 is 4.74 Å². The number of hydrogen-bond acceptors (Lipinski definition) is 3. The molecule has 17 heavy (non-hydrogen) atoms. The van der Waals surface area contributed by atoms with E-state index in [0.29, 0.717) is 11.4 Å². The smallest absolute Gasteiger partial charge is 0.312 e. The Hall–Kier alpha value is -2.04. The summed E-state index contributed by atoms with van der Waals surface area (Å²) >= 11 is 0. The van der Waals surface area contributed by atoms with Gasteiger partial charge in [-0.25, -0.2) is 0 Å². The Morgan fingerprint density at radius 2 is 2.24 bits per heavy atom. The summed E-state index contributed by atoms with van der Waals surface area (Å²) in [5.41, 5.74) is 1.40. The minimum absolute atomic E-state index is 0.624. The van der Waals surface area contributed by atoms with Crippen LogP contribution in [0.25, 0.3) is 10.9 Å². The van der Waals surface area contributed by atoms with E-state index in [1.54, 1.807) is 25.8 Å². The van der Waals surface area contributed by atoms with Gasteiger partial charge >= 0.3 is 5.97 Å². The van der Waals surface area contributed by atoms with E-state index in [1.807, 2.05) is 18.2 Å². The molecular formula is C12H14N2O3. The third-order valence-electron chi connectivity index (χ3n) is 2.87. The molecule has 0 amide bonds. The number of carbonyl (C=O) groups is 1. The zero-order chi connectivity index (χ0) is 12.6. The first-order chi connectivity index (χ1) is 8.06. The monoisotopic (exact) mass is 234 g/mol. The maximum absolute atomic E-state index is 11.1. The van der Waals surface area contributed by atoms with Crippen molar-refractivity contribution in [1.29, 1.82) is 0 Å². The maximum atomic E-state index is 11.1. The summed E-state index contributed by atoms with van der Waals surface area (Å²) in [6.45, 7) is 1.64. The second kappa shape index (κ2) is 4.08. The Morgan fingerprint density at radius 1 is 1.53 bits per heavy atom. The van der Waals surface area contributed by atoms with Crippen molar-refractivity contribution in [1.82, 2.24) is 9.78 Å². The fraction of sp³-hybridized carbons (Fsp3) is 0.333. The van der Waals surface area contributed by atoms with Gasteiger partial charge in [-0.15, -0.1) is 0 Å². The lowest BCUT2D eigenvalue weighted by atomic mass is 10.0. The minimum Gasteiger partial charge on any atom is -0.496 e. The van der Waals surface area contributed by atoms with Crippen molar-refractivity contribution in [2.45, 2.75) is 12.8 Å². The topological polar surface area (TPSA) is 64.4 Å². The number of carboxylic acid groups (broad SMARTS) is 1. The van der Waals surface area contributed by atoms with E-state index in [2.05, 4.69) is 5.10 Å². The van der Waals surface area contributed by atoms with Crippen LogP contribution in [0.4, 0.5) is 0 Å². The maximum Gasteiger partial charge on any atom is 0.312 e. The van der Waals surface area contributed by atoms with Crippen LogP contribution in [0.15, 0.2) is 18.2 Å². The Bertz CT molecular complexity index is 574. The Kier molecular flexibility index (Phi) is 2.75. The van der Waals surface area contributed by atoms with Crippen molar-refractivity contribution in [3.05, 3.63) is 23.9 Å². The second-order valence-electron chi connectivity index (χ2n) is 3.92. The van der Waals surface area contributed by atoms with Crippen molar-refractivity contribution in [2.75, 3.05) is 7.11 Å². The van der Waals surface area contributed by atoms with E-state index in [-0.39, 0.29) is 0 Å². The van der Waals surface area contributed by atoms with Crippen LogP contribution in [0.1, 0.15) is 18.5 Å². The van der Waals surface area contributed by atoms with Gasteiger partial charge in [0.05, 0.1) is 29.6 Å². The number of fused-ring (bicyclic) bond motifs is 1. The number of hydrogen-bond donors (Lipinski definition) is 1. The number of aromatic nitrogens is 2. The standard InChI is InChI=1S/C12H14N2O3/c1-7(12(15)16)11-10-8(13-14(11)2)5-4-6-9(10)17-3/h4-7H,1-3H3,(H,15,16). The van der Waals surface area contributed by atoms with Crippen LogP contribution >= 0.6 is 0 Å². The third kappa shape index (κ3) is 1.73. The Labute approximate surface area is 98.6 Å². The molecule has 0 spiro atoms. The molecule has 1 N–H and O–H groups in total. The van der Waals surface area contributed by atoms with Gasteiger partial charge in [0.15, 0.2) is 0 Å². The van der Waals surface area contributed by atoms with Crippen LogP contribution in [0.2, 0.25) is 0 Å². The van der Waals surface area contributed by atoms with E-state index < -0.39 is 11.9 Å². The number of ether oxygens (including phenoxy) is 1. The van der Waals surface area contributed by atoms with Crippen LogP contribution in [-0.2, 0) is 11.8 Å². The van der Waals surface area contributed by atoms with Gasteiger partial charge in [0.25, 0.3) is 0 Å². The van der Waals surface area contributed by atoms with Crippen LogP contribution in [0.5, 0.6) is 5.75 Å². The van der Waals surface area contributed by atoms with Crippen molar-refractivity contribution in [3.8, 4) is 5.75 Å². The van der Waals surface area contributed by atoms with Crippen molar-refractivity contribution >= 4 is 16.9 Å². The second-order valence-corrected chi connectivity index (χ2v) is 3.92. The van der Waals surface area contributed by atoms with Crippen molar-refractivity contribution in [3.63, 3.8) is 0 Å². The van der Waals surface area contributed by atoms with Crippen molar-refractivity contribution < 1.29 is 14.6 Å². The minimum atomic E-state index is -0.874. The van der Waals surface area contributed by atoms with E-state index in [4.69, 9.17) is 9.84 Å². The average molecular weight is 234 g/mol. The molecule has 1 aromatic carbocycles. The highest BCUT2D eigenvalue weighted by Crippen LogP contribution is 2.32. The van der Waals surface area contributed by atoms with Crippen LogP contribution in [-0.4, -0.2) is 28.0 Å². The fourth-order valence-electron chi connectivity index (χ4n) is 2.02. The molecule has 1 unspecified atom stereocenters. The van der Waals surface area contributed by atoms with Gasteiger partial charge in [0.2, 0.25) is 0 Å². The lowest BCUT2D eigenvalue weighted by Crippen LogP contribution is -2.12. The van der Waals surface area contributed by atoms with Crippen LogP contribution in [0.3, 0.4) is 0 Å². The van der Waals surface area contributed by atoms with Gasteiger partial charge in [-0.1, -0.05) is 6.07 Å². The predicted octanol–water partition coefficient (Wildman–Crippen LogP) is 1.77. The third-order valence-corrected chi connectivity index (χ3v) is 2.87.